The number of unbranched alkanes of at least 4 members (excludes halogenated alkanes) is 11. The molecular weight excluding hydrogens is 480 g/mol. The van der Waals surface area contributed by atoms with Gasteiger partial charge < -0.3 is 14.2 Å². The molecule has 0 fully saturated rings. The zero-order chi connectivity index (χ0) is 29.4. The number of hydrogen-bond donors (Lipinski definition) is 0. The second kappa shape index (κ2) is 23.7. The standard InChI is InChI=1S/C18H26O6.C14H30/c1-8-18(9-22-15(19)12(2)3,10-23-16(20)13(4)5)11-24-17(21)14(6)7;1-3-5-7-9-11-13-14-12-10-8-6-4-2/h2,4,6,8-11H2,1,3,5,7H3;3-14H2,1-2H3. The predicted octanol–water partition coefficient (Wildman–Crippen LogP) is 8.45. The van der Waals surface area contributed by atoms with E-state index in [-0.39, 0.29) is 36.5 Å². The summed E-state index contributed by atoms with van der Waals surface area (Å²) in [5, 5.41) is 0. The Morgan fingerprint density at radius 2 is 0.737 bits per heavy atom. The van der Waals surface area contributed by atoms with Crippen molar-refractivity contribution in [1.29, 1.82) is 0 Å². The fourth-order valence-corrected chi connectivity index (χ4v) is 3.37. The Morgan fingerprint density at radius 3 is 0.921 bits per heavy atom. The summed E-state index contributed by atoms with van der Waals surface area (Å²) in [5.41, 5.74) is -0.116. The minimum Gasteiger partial charge on any atom is -0.461 e. The van der Waals surface area contributed by atoms with Gasteiger partial charge in [0.15, 0.2) is 0 Å². The van der Waals surface area contributed by atoms with Crippen molar-refractivity contribution in [1.82, 2.24) is 0 Å². The predicted molar refractivity (Wildman–Crippen MR) is 157 cm³/mol. The maximum atomic E-state index is 11.6. The molecule has 0 aromatic rings. The lowest BCUT2D eigenvalue weighted by Crippen LogP contribution is -2.39. The van der Waals surface area contributed by atoms with Gasteiger partial charge in [-0.25, -0.2) is 14.4 Å². The molecule has 0 aromatic carbocycles. The summed E-state index contributed by atoms with van der Waals surface area (Å²) >= 11 is 0. The molecule has 0 amide bonds. The highest BCUT2D eigenvalue weighted by Gasteiger charge is 2.34. The van der Waals surface area contributed by atoms with Crippen LogP contribution in [0.15, 0.2) is 36.5 Å². The van der Waals surface area contributed by atoms with Crippen molar-refractivity contribution in [3.05, 3.63) is 36.5 Å². The van der Waals surface area contributed by atoms with Gasteiger partial charge in [-0.1, -0.05) is 118 Å². The molecule has 0 spiro atoms. The van der Waals surface area contributed by atoms with Crippen molar-refractivity contribution in [2.45, 2.75) is 125 Å². The van der Waals surface area contributed by atoms with Crippen LogP contribution >= 0.6 is 0 Å². The number of rotatable bonds is 21. The van der Waals surface area contributed by atoms with Crippen LogP contribution in [-0.4, -0.2) is 37.7 Å². The first-order valence-corrected chi connectivity index (χ1v) is 14.4. The lowest BCUT2D eigenvalue weighted by Gasteiger charge is -2.31. The molecule has 0 aliphatic heterocycles. The topological polar surface area (TPSA) is 78.9 Å². The maximum absolute atomic E-state index is 11.6. The maximum Gasteiger partial charge on any atom is 0.333 e. The molecule has 0 saturated heterocycles. The van der Waals surface area contributed by atoms with E-state index >= 15 is 0 Å². The van der Waals surface area contributed by atoms with E-state index < -0.39 is 23.3 Å². The monoisotopic (exact) mass is 536 g/mol. The van der Waals surface area contributed by atoms with Crippen LogP contribution in [0.5, 0.6) is 0 Å². The molecule has 0 radical (unpaired) electrons. The van der Waals surface area contributed by atoms with Gasteiger partial charge in [-0.05, 0) is 27.2 Å². The van der Waals surface area contributed by atoms with Gasteiger partial charge in [-0.2, -0.15) is 0 Å². The van der Waals surface area contributed by atoms with Crippen molar-refractivity contribution >= 4 is 17.9 Å². The van der Waals surface area contributed by atoms with Crippen LogP contribution in [-0.2, 0) is 28.6 Å². The van der Waals surface area contributed by atoms with Crippen molar-refractivity contribution in [3.63, 3.8) is 0 Å². The number of esters is 3. The Morgan fingerprint density at radius 1 is 0.500 bits per heavy atom. The van der Waals surface area contributed by atoms with Crippen molar-refractivity contribution in [2.75, 3.05) is 19.8 Å². The van der Waals surface area contributed by atoms with Gasteiger partial charge in [0.1, 0.15) is 19.8 Å². The molecular formula is C32H56O6. The quantitative estimate of drug-likeness (QED) is 0.0634. The van der Waals surface area contributed by atoms with Gasteiger partial charge in [0, 0.05) is 16.7 Å². The van der Waals surface area contributed by atoms with Crippen molar-refractivity contribution in [2.24, 2.45) is 5.41 Å². The molecule has 0 heterocycles. The molecule has 0 aliphatic rings. The normalized spacial score (nSPS) is 10.6. The lowest BCUT2D eigenvalue weighted by atomic mass is 9.88. The van der Waals surface area contributed by atoms with E-state index in [1.54, 1.807) is 0 Å². The first kappa shape index (κ1) is 37.8. The van der Waals surface area contributed by atoms with E-state index in [2.05, 4.69) is 33.6 Å². The highest BCUT2D eigenvalue weighted by atomic mass is 16.6. The zero-order valence-corrected chi connectivity index (χ0v) is 25.4. The molecule has 0 saturated carbocycles. The molecule has 6 nitrogen and oxygen atoms in total. The largest absolute Gasteiger partial charge is 0.461 e. The summed E-state index contributed by atoms with van der Waals surface area (Å²) in [7, 11) is 0. The van der Waals surface area contributed by atoms with Crippen LogP contribution in [0.4, 0.5) is 0 Å². The molecule has 0 bridgehead atoms. The van der Waals surface area contributed by atoms with Crippen LogP contribution in [0.1, 0.15) is 125 Å². The van der Waals surface area contributed by atoms with Gasteiger partial charge in [0.25, 0.3) is 0 Å². The first-order chi connectivity index (χ1) is 18.0. The number of ether oxygens (including phenoxy) is 3. The number of carbonyl (C=O) groups is 3. The van der Waals surface area contributed by atoms with E-state index in [1.807, 2.05) is 6.92 Å². The summed E-state index contributed by atoms with van der Waals surface area (Å²) in [6.45, 7) is 21.2. The van der Waals surface area contributed by atoms with Crippen molar-refractivity contribution < 1.29 is 28.6 Å². The van der Waals surface area contributed by atoms with Gasteiger partial charge >= 0.3 is 17.9 Å². The highest BCUT2D eigenvalue weighted by molar-refractivity contribution is 5.88. The zero-order valence-electron chi connectivity index (χ0n) is 25.4. The van der Waals surface area contributed by atoms with E-state index in [1.165, 1.54) is 97.8 Å². The molecule has 0 rings (SSSR count). The molecule has 6 heteroatoms. The average Bonchev–Trinajstić information content (AvgIpc) is 2.89. The van der Waals surface area contributed by atoms with Crippen LogP contribution < -0.4 is 0 Å². The molecule has 0 N–H and O–H groups in total. The van der Waals surface area contributed by atoms with E-state index in [0.29, 0.717) is 6.42 Å². The second-order valence-corrected chi connectivity index (χ2v) is 10.5. The smallest absolute Gasteiger partial charge is 0.333 e. The summed E-state index contributed by atoms with van der Waals surface area (Å²) in [4.78, 5) is 34.9. The third-order valence-electron chi connectivity index (χ3n) is 6.28. The van der Waals surface area contributed by atoms with Crippen LogP contribution in [0.3, 0.4) is 0 Å². The molecule has 220 valence electrons. The Balaban J connectivity index is 0. The highest BCUT2D eigenvalue weighted by Crippen LogP contribution is 2.25. The van der Waals surface area contributed by atoms with E-state index in [9.17, 15) is 14.4 Å². The Labute approximate surface area is 233 Å². The second-order valence-electron chi connectivity index (χ2n) is 10.5. The average molecular weight is 537 g/mol. The summed E-state index contributed by atoms with van der Waals surface area (Å²) in [5.74, 6) is -1.69. The molecule has 0 atom stereocenters. The number of hydrogen-bond acceptors (Lipinski definition) is 6. The fraction of sp³-hybridized carbons (Fsp3) is 0.719. The summed E-state index contributed by atoms with van der Waals surface area (Å²) in [6, 6.07) is 0. The number of carbonyl (C=O) groups excluding carboxylic acids is 3. The van der Waals surface area contributed by atoms with E-state index in [0.717, 1.165) is 0 Å². The van der Waals surface area contributed by atoms with E-state index in [4.69, 9.17) is 14.2 Å². The lowest BCUT2D eigenvalue weighted by molar-refractivity contribution is -0.157. The SMILES string of the molecule is C=C(C)C(=O)OCC(CC)(COC(=O)C(=C)C)COC(=O)C(=C)C.CCCCCCCCCCCCCC. The summed E-state index contributed by atoms with van der Waals surface area (Å²) < 4.78 is 15.5. The van der Waals surface area contributed by atoms with Gasteiger partial charge in [-0.3, -0.25) is 0 Å². The van der Waals surface area contributed by atoms with Gasteiger partial charge in [0.2, 0.25) is 0 Å². The van der Waals surface area contributed by atoms with Crippen LogP contribution in [0.25, 0.3) is 0 Å². The fourth-order valence-electron chi connectivity index (χ4n) is 3.37. The Kier molecular flexibility index (Phi) is 23.6. The van der Waals surface area contributed by atoms with Crippen molar-refractivity contribution in [3.8, 4) is 0 Å². The summed E-state index contributed by atoms with van der Waals surface area (Å²) in [6.07, 6.45) is 17.9. The third-order valence-corrected chi connectivity index (χ3v) is 6.28. The Bertz CT molecular complexity index is 635. The van der Waals surface area contributed by atoms with Gasteiger partial charge in [-0.15, -0.1) is 0 Å². The van der Waals surface area contributed by atoms with Gasteiger partial charge in [0.05, 0.1) is 5.41 Å². The van der Waals surface area contributed by atoms with Crippen LogP contribution in [0, 0.1) is 5.41 Å². The minimum absolute atomic E-state index is 0.0812. The molecule has 0 aliphatic carbocycles. The molecule has 0 unspecified atom stereocenters. The molecule has 38 heavy (non-hydrogen) atoms. The molecule has 0 aromatic heterocycles. The van der Waals surface area contributed by atoms with Crippen LogP contribution in [0.2, 0.25) is 0 Å². The first-order valence-electron chi connectivity index (χ1n) is 14.4. The minimum atomic E-state index is -0.860. The Hall–Kier alpha value is -2.37. The third kappa shape index (κ3) is 20.7.